The molecule has 0 aliphatic carbocycles. The fourth-order valence-corrected chi connectivity index (χ4v) is 3.01. The standard InChI is InChI=1S/C24H24N2O5/c1-29-18-12-8-16(9-13-18)23(27)25-22(20-6-4-5-7-21(20)31-3)26-24(28)17-10-14-19(30-2)15-11-17/h4-15,22H,1-3H3,(H,25,27)(H,26,28). The molecule has 0 saturated carbocycles. The summed E-state index contributed by atoms with van der Waals surface area (Å²) in [5, 5.41) is 5.74. The van der Waals surface area contributed by atoms with Crippen LogP contribution in [-0.2, 0) is 0 Å². The number of carbonyl (C=O) groups excluding carboxylic acids is 2. The summed E-state index contributed by atoms with van der Waals surface area (Å²) in [6, 6.07) is 20.6. The molecule has 3 rings (SSSR count). The number of benzene rings is 3. The second-order valence-electron chi connectivity index (χ2n) is 6.58. The van der Waals surface area contributed by atoms with Crippen LogP contribution < -0.4 is 24.8 Å². The number of amides is 2. The van der Waals surface area contributed by atoms with Crippen molar-refractivity contribution < 1.29 is 23.8 Å². The predicted molar refractivity (Wildman–Crippen MR) is 117 cm³/mol. The van der Waals surface area contributed by atoms with Gasteiger partial charge in [-0.05, 0) is 54.6 Å². The van der Waals surface area contributed by atoms with E-state index in [-0.39, 0.29) is 11.8 Å². The van der Waals surface area contributed by atoms with Crippen LogP contribution in [0.3, 0.4) is 0 Å². The first-order chi connectivity index (χ1) is 15.0. The quantitative estimate of drug-likeness (QED) is 0.544. The van der Waals surface area contributed by atoms with Crippen LogP contribution >= 0.6 is 0 Å². The Bertz CT molecular complexity index is 971. The van der Waals surface area contributed by atoms with Crippen LogP contribution in [0.25, 0.3) is 0 Å². The van der Waals surface area contributed by atoms with Crippen LogP contribution in [0, 0.1) is 0 Å². The number of para-hydroxylation sites is 1. The molecule has 2 amide bonds. The van der Waals surface area contributed by atoms with Gasteiger partial charge in [-0.2, -0.15) is 0 Å². The smallest absolute Gasteiger partial charge is 0.253 e. The van der Waals surface area contributed by atoms with E-state index in [1.165, 1.54) is 7.11 Å². The minimum absolute atomic E-state index is 0.353. The summed E-state index contributed by atoms with van der Waals surface area (Å²) in [5.41, 5.74) is 1.48. The van der Waals surface area contributed by atoms with Crippen molar-refractivity contribution >= 4 is 11.8 Å². The van der Waals surface area contributed by atoms with Gasteiger partial charge in [0.15, 0.2) is 0 Å². The molecular formula is C24H24N2O5. The lowest BCUT2D eigenvalue weighted by Gasteiger charge is -2.23. The first-order valence-electron chi connectivity index (χ1n) is 9.58. The maximum absolute atomic E-state index is 12.9. The topological polar surface area (TPSA) is 85.9 Å². The molecule has 0 aliphatic rings. The monoisotopic (exact) mass is 420 g/mol. The number of ether oxygens (including phenoxy) is 3. The average molecular weight is 420 g/mol. The molecule has 0 aliphatic heterocycles. The second kappa shape index (κ2) is 10.2. The van der Waals surface area contributed by atoms with Crippen LogP contribution in [0.5, 0.6) is 17.2 Å². The van der Waals surface area contributed by atoms with Gasteiger partial charge < -0.3 is 24.8 Å². The Labute approximate surface area is 180 Å². The van der Waals surface area contributed by atoms with Crippen LogP contribution in [0.2, 0.25) is 0 Å². The molecule has 0 atom stereocenters. The van der Waals surface area contributed by atoms with Crippen molar-refractivity contribution in [3.8, 4) is 17.2 Å². The lowest BCUT2D eigenvalue weighted by atomic mass is 10.1. The van der Waals surface area contributed by atoms with Gasteiger partial charge in [0.1, 0.15) is 23.4 Å². The first-order valence-corrected chi connectivity index (χ1v) is 9.58. The highest BCUT2D eigenvalue weighted by molar-refractivity contribution is 5.97. The molecule has 0 aromatic heterocycles. The highest BCUT2D eigenvalue weighted by atomic mass is 16.5. The van der Waals surface area contributed by atoms with E-state index in [4.69, 9.17) is 14.2 Å². The van der Waals surface area contributed by atoms with E-state index in [9.17, 15) is 9.59 Å². The van der Waals surface area contributed by atoms with E-state index >= 15 is 0 Å². The van der Waals surface area contributed by atoms with Gasteiger partial charge in [-0.1, -0.05) is 18.2 Å². The van der Waals surface area contributed by atoms with Crippen molar-refractivity contribution in [1.29, 1.82) is 0 Å². The van der Waals surface area contributed by atoms with Crippen molar-refractivity contribution in [3.63, 3.8) is 0 Å². The zero-order chi connectivity index (χ0) is 22.2. The SMILES string of the molecule is COc1ccc(C(=O)NC(NC(=O)c2ccc(OC)cc2)c2ccccc2OC)cc1. The number of nitrogens with one attached hydrogen (secondary N) is 2. The molecule has 160 valence electrons. The predicted octanol–water partition coefficient (Wildman–Crippen LogP) is 3.57. The minimum atomic E-state index is -0.819. The van der Waals surface area contributed by atoms with Gasteiger partial charge in [-0.25, -0.2) is 0 Å². The van der Waals surface area contributed by atoms with E-state index in [2.05, 4.69) is 10.6 Å². The van der Waals surface area contributed by atoms with E-state index in [0.717, 1.165) is 0 Å². The Morgan fingerprint density at radius 2 is 1.10 bits per heavy atom. The van der Waals surface area contributed by atoms with E-state index in [1.807, 2.05) is 12.1 Å². The van der Waals surface area contributed by atoms with E-state index in [1.54, 1.807) is 74.9 Å². The lowest BCUT2D eigenvalue weighted by Crippen LogP contribution is -2.41. The summed E-state index contributed by atoms with van der Waals surface area (Å²) >= 11 is 0. The maximum atomic E-state index is 12.9. The zero-order valence-electron chi connectivity index (χ0n) is 17.5. The number of hydrogen-bond donors (Lipinski definition) is 2. The van der Waals surface area contributed by atoms with Crippen LogP contribution in [0.1, 0.15) is 32.4 Å². The third-order valence-electron chi connectivity index (χ3n) is 4.71. The van der Waals surface area contributed by atoms with Gasteiger partial charge in [0.25, 0.3) is 11.8 Å². The highest BCUT2D eigenvalue weighted by Gasteiger charge is 2.22. The number of hydrogen-bond acceptors (Lipinski definition) is 5. The molecule has 0 radical (unpaired) electrons. The molecule has 0 saturated heterocycles. The van der Waals surface area contributed by atoms with Crippen molar-refractivity contribution in [2.45, 2.75) is 6.17 Å². The van der Waals surface area contributed by atoms with Crippen LogP contribution in [-0.4, -0.2) is 33.1 Å². The molecular weight excluding hydrogens is 396 g/mol. The highest BCUT2D eigenvalue weighted by Crippen LogP contribution is 2.24. The van der Waals surface area contributed by atoms with Gasteiger partial charge in [-0.15, -0.1) is 0 Å². The Morgan fingerprint density at radius 3 is 1.52 bits per heavy atom. The molecule has 3 aromatic carbocycles. The molecule has 0 fully saturated rings. The molecule has 0 spiro atoms. The van der Waals surface area contributed by atoms with Gasteiger partial charge in [0.2, 0.25) is 0 Å². The van der Waals surface area contributed by atoms with Crippen LogP contribution in [0.15, 0.2) is 72.8 Å². The summed E-state index contributed by atoms with van der Waals surface area (Å²) < 4.78 is 15.7. The third kappa shape index (κ3) is 5.33. The van der Waals surface area contributed by atoms with Crippen molar-refractivity contribution in [1.82, 2.24) is 10.6 Å². The van der Waals surface area contributed by atoms with Gasteiger partial charge >= 0.3 is 0 Å². The van der Waals surface area contributed by atoms with Crippen molar-refractivity contribution in [2.24, 2.45) is 0 Å². The fraction of sp³-hybridized carbons (Fsp3) is 0.167. The average Bonchev–Trinajstić information content (AvgIpc) is 2.83. The largest absolute Gasteiger partial charge is 0.497 e. The minimum Gasteiger partial charge on any atom is -0.497 e. The molecule has 7 nitrogen and oxygen atoms in total. The number of rotatable bonds is 8. The molecule has 0 bridgehead atoms. The Balaban J connectivity index is 1.86. The maximum Gasteiger partial charge on any atom is 0.253 e. The van der Waals surface area contributed by atoms with Gasteiger partial charge in [-0.3, -0.25) is 9.59 Å². The van der Waals surface area contributed by atoms with Crippen molar-refractivity contribution in [3.05, 3.63) is 89.5 Å². The second-order valence-corrected chi connectivity index (χ2v) is 6.58. The van der Waals surface area contributed by atoms with E-state index < -0.39 is 6.17 Å². The Morgan fingerprint density at radius 1 is 0.645 bits per heavy atom. The Kier molecular flexibility index (Phi) is 7.11. The Hall–Kier alpha value is -4.00. The summed E-state index contributed by atoms with van der Waals surface area (Å²) in [4.78, 5) is 25.7. The molecule has 31 heavy (non-hydrogen) atoms. The summed E-state index contributed by atoms with van der Waals surface area (Å²) in [6.45, 7) is 0. The first kappa shape index (κ1) is 21.7. The molecule has 3 aromatic rings. The number of carbonyl (C=O) groups is 2. The fourth-order valence-electron chi connectivity index (χ4n) is 3.01. The van der Waals surface area contributed by atoms with Crippen molar-refractivity contribution in [2.75, 3.05) is 21.3 Å². The lowest BCUT2D eigenvalue weighted by molar-refractivity contribution is 0.0882. The molecule has 7 heteroatoms. The molecule has 2 N–H and O–H groups in total. The third-order valence-corrected chi connectivity index (χ3v) is 4.71. The summed E-state index contributed by atoms with van der Waals surface area (Å²) in [6.07, 6.45) is -0.819. The van der Waals surface area contributed by atoms with E-state index in [0.29, 0.717) is 33.9 Å². The van der Waals surface area contributed by atoms with Crippen LogP contribution in [0.4, 0.5) is 0 Å². The molecule has 0 heterocycles. The zero-order valence-corrected chi connectivity index (χ0v) is 17.5. The summed E-state index contributed by atoms with van der Waals surface area (Å²) in [5.74, 6) is 1.12. The molecule has 0 unspecified atom stereocenters. The normalized spacial score (nSPS) is 10.3. The summed E-state index contributed by atoms with van der Waals surface area (Å²) in [7, 11) is 4.65. The van der Waals surface area contributed by atoms with Gasteiger partial charge in [0.05, 0.1) is 21.3 Å². The van der Waals surface area contributed by atoms with Gasteiger partial charge in [0, 0.05) is 16.7 Å². The number of methoxy groups -OCH3 is 3.